The third-order valence-corrected chi connectivity index (χ3v) is 3.95. The van der Waals surface area contributed by atoms with E-state index in [1.165, 1.54) is 7.11 Å². The Hall–Kier alpha value is -0.990. The first kappa shape index (κ1) is 15.1. The van der Waals surface area contributed by atoms with Crippen molar-refractivity contribution in [3.63, 3.8) is 0 Å². The van der Waals surface area contributed by atoms with Crippen molar-refractivity contribution in [1.82, 2.24) is 15.0 Å². The highest BCUT2D eigenvalue weighted by atomic mass is 32.2. The molecule has 0 aliphatic heterocycles. The summed E-state index contributed by atoms with van der Waals surface area (Å²) in [6.45, 7) is 1.46. The highest BCUT2D eigenvalue weighted by molar-refractivity contribution is 7.86. The summed E-state index contributed by atoms with van der Waals surface area (Å²) < 4.78 is 29.1. The third kappa shape index (κ3) is 5.11. The van der Waals surface area contributed by atoms with Crippen LogP contribution in [0.15, 0.2) is 6.20 Å². The van der Waals surface area contributed by atoms with E-state index in [1.54, 1.807) is 4.68 Å². The average Bonchev–Trinajstić information content (AvgIpc) is 2.62. The number of nitrogens with zero attached hydrogens (tertiary/aromatic N) is 4. The molecule has 0 bridgehead atoms. The Labute approximate surface area is 108 Å². The van der Waals surface area contributed by atoms with Crippen LogP contribution in [0.3, 0.4) is 0 Å². The first-order valence-corrected chi connectivity index (χ1v) is 7.27. The predicted octanol–water partition coefficient (Wildman–Crippen LogP) is -0.242. The van der Waals surface area contributed by atoms with E-state index >= 15 is 0 Å². The minimum atomic E-state index is -3.35. The van der Waals surface area contributed by atoms with Gasteiger partial charge in [-0.1, -0.05) is 5.21 Å². The molecule has 0 aliphatic rings. The van der Waals surface area contributed by atoms with E-state index in [1.807, 2.05) is 27.3 Å². The van der Waals surface area contributed by atoms with Gasteiger partial charge < -0.3 is 4.48 Å². The van der Waals surface area contributed by atoms with Crippen molar-refractivity contribution in [1.29, 1.82) is 0 Å². The van der Waals surface area contributed by atoms with Crippen LogP contribution in [0.2, 0.25) is 0 Å². The van der Waals surface area contributed by atoms with E-state index in [9.17, 15) is 8.42 Å². The lowest BCUT2D eigenvalue weighted by atomic mass is 10.3. The molecule has 8 heteroatoms. The standard InChI is InChI=1S/C10H21N4O3S/c1-13-8-10(11-12-13)9-14(2,3)6-5-7-18(15,16)17-4/h8H,5-7,9H2,1-4H3/q+1. The Bertz CT molecular complexity index is 481. The first-order chi connectivity index (χ1) is 8.24. The highest BCUT2D eigenvalue weighted by Crippen LogP contribution is 2.08. The van der Waals surface area contributed by atoms with Gasteiger partial charge in [0.1, 0.15) is 12.2 Å². The number of hydrogen-bond donors (Lipinski definition) is 0. The molecule has 0 amide bonds. The zero-order chi connectivity index (χ0) is 13.8. The lowest BCUT2D eigenvalue weighted by Crippen LogP contribution is -2.40. The molecule has 0 aromatic carbocycles. The van der Waals surface area contributed by atoms with Crippen molar-refractivity contribution in [2.75, 3.05) is 33.5 Å². The van der Waals surface area contributed by atoms with Crippen LogP contribution in [0.25, 0.3) is 0 Å². The number of aryl methyl sites for hydroxylation is 1. The zero-order valence-electron chi connectivity index (χ0n) is 11.3. The Morgan fingerprint density at radius 3 is 2.61 bits per heavy atom. The zero-order valence-corrected chi connectivity index (χ0v) is 12.1. The van der Waals surface area contributed by atoms with Crippen LogP contribution < -0.4 is 0 Å². The van der Waals surface area contributed by atoms with Gasteiger partial charge in [-0.2, -0.15) is 8.42 Å². The molecule has 0 saturated carbocycles. The maximum absolute atomic E-state index is 11.2. The fraction of sp³-hybridized carbons (Fsp3) is 0.800. The van der Waals surface area contributed by atoms with E-state index in [-0.39, 0.29) is 5.75 Å². The molecule has 0 fully saturated rings. The molecule has 1 aromatic heterocycles. The van der Waals surface area contributed by atoms with E-state index in [0.717, 1.165) is 18.8 Å². The van der Waals surface area contributed by atoms with Crippen molar-refractivity contribution in [3.05, 3.63) is 11.9 Å². The van der Waals surface area contributed by atoms with Gasteiger partial charge in [-0.25, -0.2) is 0 Å². The molecule has 0 atom stereocenters. The van der Waals surface area contributed by atoms with Gasteiger partial charge in [-0.05, 0) is 0 Å². The second-order valence-electron chi connectivity index (χ2n) is 4.98. The lowest BCUT2D eigenvalue weighted by Gasteiger charge is -2.28. The molecule has 0 radical (unpaired) electrons. The monoisotopic (exact) mass is 277 g/mol. The largest absolute Gasteiger partial charge is 0.323 e. The second-order valence-corrected chi connectivity index (χ2v) is 6.84. The van der Waals surface area contributed by atoms with Crippen molar-refractivity contribution in [2.45, 2.75) is 13.0 Å². The number of rotatable bonds is 7. The van der Waals surface area contributed by atoms with Crippen LogP contribution in [-0.2, 0) is 27.9 Å². The van der Waals surface area contributed by atoms with Gasteiger partial charge in [0.2, 0.25) is 0 Å². The molecular formula is C10H21N4O3S+. The van der Waals surface area contributed by atoms with Crippen LogP contribution in [0, 0.1) is 0 Å². The summed E-state index contributed by atoms with van der Waals surface area (Å²) >= 11 is 0. The van der Waals surface area contributed by atoms with Gasteiger partial charge in [0.15, 0.2) is 0 Å². The van der Waals surface area contributed by atoms with E-state index < -0.39 is 10.1 Å². The predicted molar refractivity (Wildman–Crippen MR) is 67.1 cm³/mol. The molecule has 0 N–H and O–H groups in total. The minimum absolute atomic E-state index is 0.0473. The first-order valence-electron chi connectivity index (χ1n) is 5.70. The van der Waals surface area contributed by atoms with Gasteiger partial charge >= 0.3 is 0 Å². The smallest absolute Gasteiger partial charge is 0.267 e. The second kappa shape index (κ2) is 5.77. The average molecular weight is 277 g/mol. The summed E-state index contributed by atoms with van der Waals surface area (Å²) in [5.41, 5.74) is 0.900. The van der Waals surface area contributed by atoms with Gasteiger partial charge in [-0.15, -0.1) is 5.10 Å². The van der Waals surface area contributed by atoms with Crippen LogP contribution in [0.4, 0.5) is 0 Å². The highest BCUT2D eigenvalue weighted by Gasteiger charge is 2.19. The Kier molecular flexibility index (Phi) is 4.83. The molecule has 0 saturated heterocycles. The quantitative estimate of drug-likeness (QED) is 0.508. The summed E-state index contributed by atoms with van der Waals surface area (Å²) in [6.07, 6.45) is 2.43. The van der Waals surface area contributed by atoms with Crippen LogP contribution in [0.5, 0.6) is 0 Å². The fourth-order valence-corrected chi connectivity index (χ4v) is 2.39. The van der Waals surface area contributed by atoms with Gasteiger partial charge in [-0.3, -0.25) is 8.86 Å². The Morgan fingerprint density at radius 1 is 1.44 bits per heavy atom. The molecule has 1 heterocycles. The van der Waals surface area contributed by atoms with Gasteiger partial charge in [0.05, 0.1) is 39.7 Å². The molecular weight excluding hydrogens is 256 g/mol. The summed E-state index contributed by atoms with van der Waals surface area (Å²) in [5, 5.41) is 7.90. The lowest BCUT2D eigenvalue weighted by molar-refractivity contribution is -0.903. The fourth-order valence-electron chi connectivity index (χ4n) is 1.74. The SMILES string of the molecule is COS(=O)(=O)CCC[N+](C)(C)Cc1cn(C)nn1. The molecule has 18 heavy (non-hydrogen) atoms. The molecule has 104 valence electrons. The normalized spacial score (nSPS) is 12.9. The van der Waals surface area contributed by atoms with E-state index in [0.29, 0.717) is 10.9 Å². The molecule has 1 rings (SSSR count). The molecule has 0 spiro atoms. The van der Waals surface area contributed by atoms with Gasteiger partial charge in [0, 0.05) is 13.5 Å². The van der Waals surface area contributed by atoms with Crippen molar-refractivity contribution < 1.29 is 17.1 Å². The van der Waals surface area contributed by atoms with Crippen molar-refractivity contribution >= 4 is 10.1 Å². The van der Waals surface area contributed by atoms with Crippen LogP contribution in [-0.4, -0.2) is 61.4 Å². The third-order valence-electron chi connectivity index (χ3n) is 2.65. The molecule has 0 aliphatic carbocycles. The van der Waals surface area contributed by atoms with E-state index in [2.05, 4.69) is 14.5 Å². The topological polar surface area (TPSA) is 74.1 Å². The van der Waals surface area contributed by atoms with E-state index in [4.69, 9.17) is 0 Å². The van der Waals surface area contributed by atoms with Gasteiger partial charge in [0.25, 0.3) is 10.1 Å². The number of quaternary nitrogens is 1. The Morgan fingerprint density at radius 2 is 2.11 bits per heavy atom. The van der Waals surface area contributed by atoms with Crippen molar-refractivity contribution in [2.24, 2.45) is 7.05 Å². The summed E-state index contributed by atoms with van der Waals surface area (Å²) in [4.78, 5) is 0. The number of hydrogen-bond acceptors (Lipinski definition) is 5. The molecule has 7 nitrogen and oxygen atoms in total. The summed E-state index contributed by atoms with van der Waals surface area (Å²) in [5.74, 6) is 0.0473. The number of aromatic nitrogens is 3. The van der Waals surface area contributed by atoms with Crippen molar-refractivity contribution in [3.8, 4) is 0 Å². The maximum atomic E-state index is 11.2. The summed E-state index contributed by atoms with van der Waals surface area (Å²) in [7, 11) is 3.73. The Balaban J connectivity index is 2.45. The minimum Gasteiger partial charge on any atom is -0.323 e. The van der Waals surface area contributed by atoms with Crippen LogP contribution in [0.1, 0.15) is 12.1 Å². The van der Waals surface area contributed by atoms with Crippen LogP contribution >= 0.6 is 0 Å². The molecule has 0 unspecified atom stereocenters. The molecule has 1 aromatic rings. The maximum Gasteiger partial charge on any atom is 0.267 e. The summed E-state index contributed by atoms with van der Waals surface area (Å²) in [6, 6.07) is 0.